The van der Waals surface area contributed by atoms with E-state index in [2.05, 4.69) is 4.98 Å². The number of morpholine rings is 1. The molecule has 0 radical (unpaired) electrons. The lowest BCUT2D eigenvalue weighted by Crippen LogP contribution is -2.45. The molecule has 0 unspecified atom stereocenters. The van der Waals surface area contributed by atoms with E-state index in [1.54, 1.807) is 23.1 Å². The van der Waals surface area contributed by atoms with Gasteiger partial charge in [-0.25, -0.2) is 0 Å². The van der Waals surface area contributed by atoms with E-state index >= 15 is 0 Å². The molecule has 30 heavy (non-hydrogen) atoms. The highest BCUT2D eigenvalue weighted by Crippen LogP contribution is 2.39. The molecule has 4 rings (SSSR count). The van der Waals surface area contributed by atoms with Crippen LogP contribution in [0.4, 0.5) is 0 Å². The Morgan fingerprint density at radius 3 is 2.63 bits per heavy atom. The van der Waals surface area contributed by atoms with Gasteiger partial charge in [-0.1, -0.05) is 29.3 Å². The van der Waals surface area contributed by atoms with Gasteiger partial charge >= 0.3 is 0 Å². The van der Waals surface area contributed by atoms with Crippen LogP contribution in [0, 0.1) is 6.92 Å². The van der Waals surface area contributed by atoms with Crippen molar-refractivity contribution in [2.24, 2.45) is 5.73 Å². The Morgan fingerprint density at radius 2 is 1.97 bits per heavy atom. The molecule has 2 N–H and O–H groups in total. The molecule has 0 saturated carbocycles. The maximum atomic E-state index is 13.3. The Kier molecular flexibility index (Phi) is 5.97. The highest BCUT2D eigenvalue weighted by molar-refractivity contribution is 6.36. The molecule has 2 aliphatic heterocycles. The van der Waals surface area contributed by atoms with Crippen LogP contribution >= 0.6 is 23.2 Å². The number of nitrogens with two attached hydrogens (primary N) is 1. The van der Waals surface area contributed by atoms with Crippen molar-refractivity contribution in [2.45, 2.75) is 20.0 Å². The number of fused-ring (bicyclic) bond motifs is 1. The molecule has 1 aromatic heterocycles. The van der Waals surface area contributed by atoms with Crippen molar-refractivity contribution in [2.75, 3.05) is 32.8 Å². The molecule has 0 spiro atoms. The summed E-state index contributed by atoms with van der Waals surface area (Å²) in [7, 11) is 0. The van der Waals surface area contributed by atoms with E-state index < -0.39 is 0 Å². The number of aryl methyl sites for hydroxylation is 1. The van der Waals surface area contributed by atoms with E-state index in [1.807, 2.05) is 6.92 Å². The van der Waals surface area contributed by atoms with Gasteiger partial charge in [0.1, 0.15) is 6.54 Å². The van der Waals surface area contributed by atoms with E-state index in [1.165, 1.54) is 4.90 Å². The van der Waals surface area contributed by atoms with Crippen molar-refractivity contribution in [1.29, 1.82) is 0 Å². The highest BCUT2D eigenvalue weighted by atomic mass is 35.5. The van der Waals surface area contributed by atoms with Crippen molar-refractivity contribution in [3.63, 3.8) is 0 Å². The first kappa shape index (κ1) is 21.1. The fraction of sp³-hybridized carbons (Fsp3) is 0.381. The van der Waals surface area contributed by atoms with E-state index in [0.29, 0.717) is 58.7 Å². The van der Waals surface area contributed by atoms with Crippen LogP contribution in [0.15, 0.2) is 18.2 Å². The van der Waals surface area contributed by atoms with Gasteiger partial charge in [-0.3, -0.25) is 14.6 Å². The number of pyridine rings is 1. The molecule has 0 aliphatic carbocycles. The second kappa shape index (κ2) is 8.51. The van der Waals surface area contributed by atoms with Crippen LogP contribution in [0.25, 0.3) is 11.1 Å². The van der Waals surface area contributed by atoms with Crippen LogP contribution in [0.2, 0.25) is 10.0 Å². The standard InChI is InChI=1S/C21H22Cl2N4O3/c1-12-15(9-24)19(14-3-2-13(22)8-16(14)23)20-17(25-12)10-27(21(20)29)11-18(28)26-4-6-30-7-5-26/h2-3,8H,4-7,9-11,24H2,1H3. The second-order valence-corrected chi connectivity index (χ2v) is 8.20. The van der Waals surface area contributed by atoms with Crippen molar-refractivity contribution in [3.8, 4) is 11.1 Å². The van der Waals surface area contributed by atoms with Gasteiger partial charge in [0.2, 0.25) is 5.91 Å². The lowest BCUT2D eigenvalue weighted by molar-refractivity contribution is -0.136. The molecule has 1 aromatic carbocycles. The number of amides is 2. The van der Waals surface area contributed by atoms with Crippen LogP contribution in [0.5, 0.6) is 0 Å². The molecule has 158 valence electrons. The van der Waals surface area contributed by atoms with Gasteiger partial charge in [0.25, 0.3) is 5.91 Å². The van der Waals surface area contributed by atoms with Gasteiger partial charge in [0.15, 0.2) is 0 Å². The van der Waals surface area contributed by atoms with E-state index in [9.17, 15) is 9.59 Å². The van der Waals surface area contributed by atoms with Crippen LogP contribution in [0.1, 0.15) is 27.3 Å². The topological polar surface area (TPSA) is 88.8 Å². The van der Waals surface area contributed by atoms with Crippen LogP contribution < -0.4 is 5.73 Å². The summed E-state index contributed by atoms with van der Waals surface area (Å²) in [4.78, 5) is 33.9. The molecule has 2 amide bonds. The lowest BCUT2D eigenvalue weighted by atomic mass is 9.93. The minimum Gasteiger partial charge on any atom is -0.378 e. The Balaban J connectivity index is 1.72. The molecule has 2 aromatic rings. The van der Waals surface area contributed by atoms with Crippen LogP contribution in [-0.2, 0) is 22.6 Å². The fourth-order valence-electron chi connectivity index (χ4n) is 4.00. The van der Waals surface area contributed by atoms with Crippen molar-refractivity contribution < 1.29 is 14.3 Å². The van der Waals surface area contributed by atoms with Gasteiger partial charge in [0.05, 0.1) is 31.0 Å². The maximum absolute atomic E-state index is 13.3. The van der Waals surface area contributed by atoms with Crippen molar-refractivity contribution in [3.05, 3.63) is 50.8 Å². The third kappa shape index (κ3) is 3.78. The van der Waals surface area contributed by atoms with Gasteiger partial charge < -0.3 is 20.3 Å². The number of hydrogen-bond donors (Lipinski definition) is 1. The molecule has 3 heterocycles. The number of benzene rings is 1. The number of carbonyl (C=O) groups excluding carboxylic acids is 2. The average molecular weight is 449 g/mol. The SMILES string of the molecule is Cc1nc2c(c(-c3ccc(Cl)cc3Cl)c1CN)C(=O)N(CC(=O)N1CCOCC1)C2. The summed E-state index contributed by atoms with van der Waals surface area (Å²) < 4.78 is 5.30. The summed E-state index contributed by atoms with van der Waals surface area (Å²) >= 11 is 12.5. The monoisotopic (exact) mass is 448 g/mol. The fourth-order valence-corrected chi connectivity index (χ4v) is 4.50. The van der Waals surface area contributed by atoms with Gasteiger partial charge in [-0.15, -0.1) is 0 Å². The Morgan fingerprint density at radius 1 is 1.23 bits per heavy atom. The highest BCUT2D eigenvalue weighted by Gasteiger charge is 2.36. The molecule has 2 aliphatic rings. The average Bonchev–Trinajstić information content (AvgIpc) is 3.02. The minimum atomic E-state index is -0.241. The predicted octanol–water partition coefficient (Wildman–Crippen LogP) is 2.64. The molecular weight excluding hydrogens is 427 g/mol. The molecule has 0 bridgehead atoms. The van der Waals surface area contributed by atoms with Gasteiger partial charge in [-0.2, -0.15) is 0 Å². The molecule has 0 atom stereocenters. The molecular formula is C21H22Cl2N4O3. The first-order valence-corrected chi connectivity index (χ1v) is 10.5. The van der Waals surface area contributed by atoms with Gasteiger partial charge in [-0.05, 0) is 24.6 Å². The summed E-state index contributed by atoms with van der Waals surface area (Å²) in [6.07, 6.45) is 0. The Hall–Kier alpha value is -2.19. The number of hydrogen-bond acceptors (Lipinski definition) is 5. The molecule has 7 nitrogen and oxygen atoms in total. The maximum Gasteiger partial charge on any atom is 0.257 e. The second-order valence-electron chi connectivity index (χ2n) is 7.36. The summed E-state index contributed by atoms with van der Waals surface area (Å²) in [5, 5.41) is 0.935. The quantitative estimate of drug-likeness (QED) is 0.776. The first-order chi connectivity index (χ1) is 14.4. The van der Waals surface area contributed by atoms with Crippen LogP contribution in [-0.4, -0.2) is 59.4 Å². The molecule has 1 fully saturated rings. The smallest absolute Gasteiger partial charge is 0.257 e. The zero-order chi connectivity index (χ0) is 21.4. The summed E-state index contributed by atoms with van der Waals surface area (Å²) in [6, 6.07) is 5.15. The normalized spacial score (nSPS) is 16.2. The van der Waals surface area contributed by atoms with E-state index in [4.69, 9.17) is 33.7 Å². The Bertz CT molecular complexity index is 1020. The van der Waals surface area contributed by atoms with Crippen molar-refractivity contribution in [1.82, 2.24) is 14.8 Å². The number of ether oxygens (including phenoxy) is 1. The molecule has 1 saturated heterocycles. The Labute approximate surface area is 184 Å². The largest absolute Gasteiger partial charge is 0.378 e. The molecule has 9 heteroatoms. The lowest BCUT2D eigenvalue weighted by Gasteiger charge is -2.28. The van der Waals surface area contributed by atoms with Crippen molar-refractivity contribution >= 4 is 35.0 Å². The minimum absolute atomic E-state index is 0.0000107. The van der Waals surface area contributed by atoms with Crippen LogP contribution in [0.3, 0.4) is 0 Å². The third-order valence-electron chi connectivity index (χ3n) is 5.52. The number of halogens is 2. The van der Waals surface area contributed by atoms with E-state index in [-0.39, 0.29) is 31.4 Å². The third-order valence-corrected chi connectivity index (χ3v) is 6.06. The number of carbonyl (C=O) groups is 2. The number of aromatic nitrogens is 1. The number of nitrogens with zero attached hydrogens (tertiary/aromatic N) is 3. The van der Waals surface area contributed by atoms with E-state index in [0.717, 1.165) is 11.3 Å². The predicted molar refractivity (Wildman–Crippen MR) is 114 cm³/mol. The summed E-state index contributed by atoms with van der Waals surface area (Å²) in [5.41, 5.74) is 9.95. The first-order valence-electron chi connectivity index (χ1n) is 9.73. The zero-order valence-corrected chi connectivity index (χ0v) is 18.1. The summed E-state index contributed by atoms with van der Waals surface area (Å²) in [5.74, 6) is -0.337. The van der Waals surface area contributed by atoms with Gasteiger partial charge in [0, 0.05) is 46.5 Å². The number of rotatable bonds is 4. The zero-order valence-electron chi connectivity index (χ0n) is 16.6. The summed E-state index contributed by atoms with van der Waals surface area (Å²) in [6.45, 7) is 4.44.